The Morgan fingerprint density at radius 2 is 2.04 bits per heavy atom. The first kappa shape index (κ1) is 17.1. The third kappa shape index (κ3) is 2.76. The molecule has 128 valence electrons. The van der Waals surface area contributed by atoms with Gasteiger partial charge >= 0.3 is 6.61 Å². The number of halogens is 5. The molecule has 0 bridgehead atoms. The second kappa shape index (κ2) is 6.30. The minimum atomic E-state index is -3.09. The van der Waals surface area contributed by atoms with E-state index in [1.54, 1.807) is 0 Å². The third-order valence-corrected chi connectivity index (χ3v) is 4.77. The monoisotopic (exact) mass is 397 g/mol. The number of hydrogen-bond donors (Lipinski definition) is 0. The van der Waals surface area contributed by atoms with E-state index in [9.17, 15) is 13.2 Å². The predicted octanol–water partition coefficient (Wildman–Crippen LogP) is 4.75. The van der Waals surface area contributed by atoms with E-state index in [-0.39, 0.29) is 32.4 Å². The van der Waals surface area contributed by atoms with Gasteiger partial charge in [-0.3, -0.25) is 0 Å². The number of rotatable bonds is 4. The Morgan fingerprint density at radius 1 is 1.33 bits per heavy atom. The lowest BCUT2D eigenvalue weighted by Crippen LogP contribution is -2.06. The van der Waals surface area contributed by atoms with Crippen molar-refractivity contribution in [2.75, 3.05) is 7.11 Å². The minimum Gasteiger partial charge on any atom is -0.473 e. The highest BCUT2D eigenvalue weighted by molar-refractivity contribution is 7.20. The van der Waals surface area contributed by atoms with Gasteiger partial charge in [0.1, 0.15) is 22.1 Å². The molecule has 3 rings (SSSR count). The first-order valence-electron chi connectivity index (χ1n) is 6.33. The highest BCUT2D eigenvalue weighted by atomic mass is 35.5. The quantitative estimate of drug-likeness (QED) is 0.637. The molecule has 0 amide bonds. The zero-order valence-corrected chi connectivity index (χ0v) is 14.4. The summed E-state index contributed by atoms with van der Waals surface area (Å²) in [6, 6.07) is 1.05. The fourth-order valence-corrected chi connectivity index (χ4v) is 3.69. The molecular weight excluding hydrogens is 390 g/mol. The van der Waals surface area contributed by atoms with E-state index < -0.39 is 12.4 Å². The van der Waals surface area contributed by atoms with Crippen molar-refractivity contribution in [2.24, 2.45) is 7.05 Å². The van der Waals surface area contributed by atoms with Crippen LogP contribution in [0.25, 0.3) is 21.5 Å². The number of thiazole rings is 1. The Hall–Kier alpha value is -1.71. The first-order chi connectivity index (χ1) is 11.3. The van der Waals surface area contributed by atoms with Gasteiger partial charge in [-0.25, -0.2) is 14.1 Å². The molecule has 2 aromatic heterocycles. The maximum atomic E-state index is 14.5. The minimum absolute atomic E-state index is 0.0140. The van der Waals surface area contributed by atoms with E-state index in [1.165, 1.54) is 14.2 Å². The molecule has 0 saturated heterocycles. The first-order valence-corrected chi connectivity index (χ1v) is 7.91. The van der Waals surface area contributed by atoms with Crippen LogP contribution in [0.1, 0.15) is 0 Å². The molecule has 24 heavy (non-hydrogen) atoms. The summed E-state index contributed by atoms with van der Waals surface area (Å²) in [6.45, 7) is -3.09. The number of hydrogen-bond acceptors (Lipinski definition) is 5. The van der Waals surface area contributed by atoms with E-state index in [4.69, 9.17) is 27.9 Å². The standard InChI is InChI=1S/C13H8Cl2F3N3O2S/c1-21-11(23-12(17)18)7(15)9(20-21)6-5(16)3-4(14)8-10(6)24-13(19-8)22-2/h3,12H,1-2H3. The molecule has 11 heteroatoms. The van der Waals surface area contributed by atoms with Crippen LogP contribution in [0.3, 0.4) is 0 Å². The zero-order chi connectivity index (χ0) is 17.6. The third-order valence-electron chi connectivity index (χ3n) is 3.10. The molecule has 0 saturated carbocycles. The largest absolute Gasteiger partial charge is 0.473 e. The van der Waals surface area contributed by atoms with Crippen LogP contribution in [0.4, 0.5) is 13.2 Å². The number of ether oxygens (including phenoxy) is 2. The van der Waals surface area contributed by atoms with Crippen LogP contribution in [-0.4, -0.2) is 28.5 Å². The molecule has 0 fully saturated rings. The average molecular weight is 398 g/mol. The van der Waals surface area contributed by atoms with Gasteiger partial charge in [-0.1, -0.05) is 34.5 Å². The van der Waals surface area contributed by atoms with Gasteiger partial charge in [0.2, 0.25) is 5.88 Å². The summed E-state index contributed by atoms with van der Waals surface area (Å²) in [6.07, 6.45) is 0. The second-order valence-corrected chi connectivity index (χ2v) is 6.29. The van der Waals surface area contributed by atoms with Gasteiger partial charge in [-0.2, -0.15) is 13.9 Å². The van der Waals surface area contributed by atoms with Crippen molar-refractivity contribution in [3.8, 4) is 22.3 Å². The lowest BCUT2D eigenvalue weighted by molar-refractivity contribution is -0.0552. The average Bonchev–Trinajstić information content (AvgIpc) is 3.04. The molecule has 5 nitrogen and oxygen atoms in total. The Balaban J connectivity index is 2.29. The summed E-state index contributed by atoms with van der Waals surface area (Å²) in [7, 11) is 2.76. The number of nitrogens with zero attached hydrogens (tertiary/aromatic N) is 3. The van der Waals surface area contributed by atoms with Crippen molar-refractivity contribution in [3.63, 3.8) is 0 Å². The molecule has 0 radical (unpaired) electrons. The number of aromatic nitrogens is 3. The Morgan fingerprint density at radius 3 is 2.67 bits per heavy atom. The van der Waals surface area contributed by atoms with Crippen LogP contribution in [0.15, 0.2) is 6.07 Å². The molecule has 0 aliphatic rings. The summed E-state index contributed by atoms with van der Waals surface area (Å²) in [5.74, 6) is -1.09. The van der Waals surface area contributed by atoms with Crippen LogP contribution >= 0.6 is 34.5 Å². The molecule has 0 N–H and O–H groups in total. The van der Waals surface area contributed by atoms with Gasteiger partial charge in [0.25, 0.3) is 5.19 Å². The number of alkyl halides is 2. The van der Waals surface area contributed by atoms with Crippen molar-refractivity contribution in [2.45, 2.75) is 6.61 Å². The molecule has 0 atom stereocenters. The predicted molar refractivity (Wildman–Crippen MR) is 85.0 cm³/mol. The molecule has 0 unspecified atom stereocenters. The summed E-state index contributed by atoms with van der Waals surface area (Å²) in [5.41, 5.74) is 0.230. The Kier molecular flexibility index (Phi) is 4.50. The van der Waals surface area contributed by atoms with Gasteiger partial charge in [-0.15, -0.1) is 0 Å². The summed E-state index contributed by atoms with van der Waals surface area (Å²) in [5, 5.41) is 4.09. The van der Waals surface area contributed by atoms with Crippen LogP contribution in [0, 0.1) is 5.82 Å². The smallest absolute Gasteiger partial charge is 0.388 e. The van der Waals surface area contributed by atoms with Crippen LogP contribution in [-0.2, 0) is 7.05 Å². The maximum Gasteiger partial charge on any atom is 0.388 e. The molecular formula is C13H8Cl2F3N3O2S. The topological polar surface area (TPSA) is 49.2 Å². The lowest BCUT2D eigenvalue weighted by atomic mass is 10.1. The van der Waals surface area contributed by atoms with Gasteiger partial charge in [0.05, 0.1) is 22.4 Å². The van der Waals surface area contributed by atoms with Crippen LogP contribution in [0.2, 0.25) is 10.0 Å². The summed E-state index contributed by atoms with van der Waals surface area (Å²) < 4.78 is 50.2. The fraction of sp³-hybridized carbons (Fsp3) is 0.231. The highest BCUT2D eigenvalue weighted by Crippen LogP contribution is 2.44. The van der Waals surface area contributed by atoms with Crippen molar-refractivity contribution < 1.29 is 22.6 Å². The van der Waals surface area contributed by atoms with Crippen molar-refractivity contribution >= 4 is 44.8 Å². The lowest BCUT2D eigenvalue weighted by Gasteiger charge is -2.04. The van der Waals surface area contributed by atoms with Crippen LogP contribution in [0.5, 0.6) is 11.1 Å². The zero-order valence-electron chi connectivity index (χ0n) is 12.1. The van der Waals surface area contributed by atoms with Gasteiger partial charge in [0.15, 0.2) is 0 Å². The number of aryl methyl sites for hydroxylation is 1. The molecule has 0 aliphatic heterocycles. The van der Waals surface area contributed by atoms with E-state index in [0.717, 1.165) is 22.1 Å². The van der Waals surface area contributed by atoms with E-state index in [0.29, 0.717) is 10.2 Å². The maximum absolute atomic E-state index is 14.5. The molecule has 2 heterocycles. The molecule has 0 aliphatic carbocycles. The Bertz CT molecular complexity index is 929. The van der Waals surface area contributed by atoms with Gasteiger partial charge in [-0.05, 0) is 6.07 Å². The fourth-order valence-electron chi connectivity index (χ4n) is 2.15. The number of fused-ring (bicyclic) bond motifs is 1. The van der Waals surface area contributed by atoms with Crippen LogP contribution < -0.4 is 9.47 Å². The SMILES string of the molecule is COc1nc2c(Cl)cc(F)c(-c3nn(C)c(OC(F)F)c3Cl)c2s1. The summed E-state index contributed by atoms with van der Waals surface area (Å²) in [4.78, 5) is 4.13. The van der Waals surface area contributed by atoms with Crippen molar-refractivity contribution in [3.05, 3.63) is 21.9 Å². The van der Waals surface area contributed by atoms with E-state index in [1.807, 2.05) is 0 Å². The van der Waals surface area contributed by atoms with Gasteiger partial charge < -0.3 is 9.47 Å². The number of benzene rings is 1. The number of methoxy groups -OCH3 is 1. The molecule has 3 aromatic rings. The molecule has 1 aromatic carbocycles. The van der Waals surface area contributed by atoms with Gasteiger partial charge in [0, 0.05) is 7.05 Å². The van der Waals surface area contributed by atoms with Crippen molar-refractivity contribution in [1.29, 1.82) is 0 Å². The highest BCUT2D eigenvalue weighted by Gasteiger charge is 2.26. The summed E-state index contributed by atoms with van der Waals surface area (Å²) >= 11 is 13.1. The van der Waals surface area contributed by atoms with E-state index in [2.05, 4.69) is 14.8 Å². The van der Waals surface area contributed by atoms with E-state index >= 15 is 0 Å². The second-order valence-electron chi connectivity index (χ2n) is 4.55. The normalized spacial score (nSPS) is 11.5. The van der Waals surface area contributed by atoms with Crippen molar-refractivity contribution in [1.82, 2.24) is 14.8 Å². The molecule has 0 spiro atoms. The Labute approximate surface area is 147 Å².